The number of aliphatic hydroxyl groups is 1. The molecule has 1 aromatic carbocycles. The zero-order valence-corrected chi connectivity index (χ0v) is 9.60. The lowest BCUT2D eigenvalue weighted by molar-refractivity contribution is 0.0923. The highest BCUT2D eigenvalue weighted by atomic mass is 16.3. The molecule has 0 saturated heterocycles. The van der Waals surface area contributed by atoms with E-state index < -0.39 is 6.10 Å². The highest BCUT2D eigenvalue weighted by molar-refractivity contribution is 5.94. The Hall–Kier alpha value is -1.55. The number of nitrogens with two attached hydrogens (primary N) is 1. The molecule has 0 bridgehead atoms. The summed E-state index contributed by atoms with van der Waals surface area (Å²) in [5, 5.41) is 12.0. The predicted octanol–water partition coefficient (Wildman–Crippen LogP) is 1.16. The summed E-state index contributed by atoms with van der Waals surface area (Å²) in [6.07, 6.45) is 0.127. The van der Waals surface area contributed by atoms with Crippen molar-refractivity contribution in [1.29, 1.82) is 0 Å². The van der Waals surface area contributed by atoms with E-state index in [1.807, 2.05) is 6.92 Å². The third kappa shape index (κ3) is 3.90. The number of hydrogen-bond acceptors (Lipinski definition) is 3. The Morgan fingerprint density at radius 2 is 1.94 bits per heavy atom. The van der Waals surface area contributed by atoms with Gasteiger partial charge in [-0.05, 0) is 44.5 Å². The summed E-state index contributed by atoms with van der Waals surface area (Å²) in [6.45, 7) is 3.56. The number of nitrogens with one attached hydrogen (secondary N) is 1. The molecule has 1 rings (SSSR count). The Balaban J connectivity index is 2.55. The van der Waals surface area contributed by atoms with Gasteiger partial charge in [0, 0.05) is 17.3 Å². The molecule has 0 radical (unpaired) electrons. The van der Waals surface area contributed by atoms with Gasteiger partial charge in [-0.1, -0.05) is 0 Å². The van der Waals surface area contributed by atoms with Crippen LogP contribution in [0.15, 0.2) is 24.3 Å². The SMILES string of the molecule is CC(O)CC(C)NC(=O)c1ccc(N)cc1. The smallest absolute Gasteiger partial charge is 0.251 e. The van der Waals surface area contributed by atoms with Gasteiger partial charge in [0.05, 0.1) is 6.10 Å². The highest BCUT2D eigenvalue weighted by Gasteiger charge is 2.11. The van der Waals surface area contributed by atoms with Crippen LogP contribution in [0.1, 0.15) is 30.6 Å². The van der Waals surface area contributed by atoms with Crippen LogP contribution in [0.5, 0.6) is 0 Å². The van der Waals surface area contributed by atoms with Crippen LogP contribution in [0, 0.1) is 0 Å². The quantitative estimate of drug-likeness (QED) is 0.669. The van der Waals surface area contributed by atoms with Crippen molar-refractivity contribution in [2.75, 3.05) is 5.73 Å². The first kappa shape index (κ1) is 12.5. The van der Waals surface area contributed by atoms with Gasteiger partial charge in [0.15, 0.2) is 0 Å². The Labute approximate surface area is 95.5 Å². The molecule has 4 N–H and O–H groups in total. The van der Waals surface area contributed by atoms with E-state index in [2.05, 4.69) is 5.32 Å². The van der Waals surface area contributed by atoms with Gasteiger partial charge in [-0.3, -0.25) is 4.79 Å². The minimum absolute atomic E-state index is 0.0509. The van der Waals surface area contributed by atoms with Crippen LogP contribution >= 0.6 is 0 Å². The number of rotatable bonds is 4. The molecule has 88 valence electrons. The summed E-state index contributed by atoms with van der Waals surface area (Å²) in [5.74, 6) is -0.145. The fraction of sp³-hybridized carbons (Fsp3) is 0.417. The minimum Gasteiger partial charge on any atom is -0.399 e. The molecule has 0 heterocycles. The normalized spacial score (nSPS) is 14.2. The van der Waals surface area contributed by atoms with E-state index in [-0.39, 0.29) is 11.9 Å². The number of anilines is 1. The standard InChI is InChI=1S/C12H18N2O2/c1-8(7-9(2)15)14-12(16)10-3-5-11(13)6-4-10/h3-6,8-9,15H,7,13H2,1-2H3,(H,14,16). The third-order valence-corrected chi connectivity index (χ3v) is 2.25. The molecule has 1 amide bonds. The Kier molecular flexibility index (Phi) is 4.31. The van der Waals surface area contributed by atoms with E-state index in [1.165, 1.54) is 0 Å². The van der Waals surface area contributed by atoms with Crippen molar-refractivity contribution in [2.24, 2.45) is 0 Å². The third-order valence-electron chi connectivity index (χ3n) is 2.25. The van der Waals surface area contributed by atoms with Crippen molar-refractivity contribution in [3.63, 3.8) is 0 Å². The second-order valence-corrected chi connectivity index (χ2v) is 4.08. The maximum Gasteiger partial charge on any atom is 0.251 e. The fourth-order valence-corrected chi connectivity index (χ4v) is 1.51. The van der Waals surface area contributed by atoms with Crippen LogP contribution in [-0.2, 0) is 0 Å². The molecule has 0 fully saturated rings. The highest BCUT2D eigenvalue weighted by Crippen LogP contribution is 2.06. The lowest BCUT2D eigenvalue weighted by Crippen LogP contribution is -2.34. The largest absolute Gasteiger partial charge is 0.399 e. The van der Waals surface area contributed by atoms with E-state index >= 15 is 0 Å². The zero-order chi connectivity index (χ0) is 12.1. The summed E-state index contributed by atoms with van der Waals surface area (Å²) in [6, 6.07) is 6.69. The monoisotopic (exact) mass is 222 g/mol. The van der Waals surface area contributed by atoms with Gasteiger partial charge in [-0.2, -0.15) is 0 Å². The van der Waals surface area contributed by atoms with Crippen molar-refractivity contribution in [3.05, 3.63) is 29.8 Å². The second-order valence-electron chi connectivity index (χ2n) is 4.08. The van der Waals surface area contributed by atoms with Crippen LogP contribution < -0.4 is 11.1 Å². The van der Waals surface area contributed by atoms with E-state index in [0.717, 1.165) is 0 Å². The Morgan fingerprint density at radius 1 is 1.38 bits per heavy atom. The molecule has 0 spiro atoms. The van der Waals surface area contributed by atoms with Gasteiger partial charge in [0.2, 0.25) is 0 Å². The van der Waals surface area contributed by atoms with Gasteiger partial charge in [-0.25, -0.2) is 0 Å². The molecular weight excluding hydrogens is 204 g/mol. The van der Waals surface area contributed by atoms with Crippen molar-refractivity contribution in [1.82, 2.24) is 5.32 Å². The lowest BCUT2D eigenvalue weighted by Gasteiger charge is -2.15. The number of nitrogen functional groups attached to an aromatic ring is 1. The van der Waals surface area contributed by atoms with Crippen LogP contribution in [0.2, 0.25) is 0 Å². The number of amides is 1. The minimum atomic E-state index is -0.415. The first-order valence-electron chi connectivity index (χ1n) is 5.33. The van der Waals surface area contributed by atoms with Crippen molar-refractivity contribution < 1.29 is 9.90 Å². The van der Waals surface area contributed by atoms with Crippen LogP contribution in [0.25, 0.3) is 0 Å². The molecule has 16 heavy (non-hydrogen) atoms. The lowest BCUT2D eigenvalue weighted by atomic mass is 10.1. The van der Waals surface area contributed by atoms with E-state index in [9.17, 15) is 9.90 Å². The molecule has 4 nitrogen and oxygen atoms in total. The first-order valence-corrected chi connectivity index (χ1v) is 5.33. The Bertz CT molecular complexity index is 347. The number of aliphatic hydroxyl groups excluding tert-OH is 1. The average molecular weight is 222 g/mol. The molecule has 1 aromatic rings. The van der Waals surface area contributed by atoms with E-state index in [0.29, 0.717) is 17.7 Å². The molecule has 0 aliphatic rings. The molecule has 0 aliphatic heterocycles. The summed E-state index contributed by atoms with van der Waals surface area (Å²) in [5.41, 5.74) is 6.74. The number of carbonyl (C=O) groups is 1. The summed E-state index contributed by atoms with van der Waals surface area (Å²) < 4.78 is 0. The van der Waals surface area contributed by atoms with E-state index in [4.69, 9.17) is 5.73 Å². The van der Waals surface area contributed by atoms with Crippen molar-refractivity contribution in [2.45, 2.75) is 32.4 Å². The van der Waals surface area contributed by atoms with Gasteiger partial charge in [0.1, 0.15) is 0 Å². The van der Waals surface area contributed by atoms with Crippen molar-refractivity contribution in [3.8, 4) is 0 Å². The summed E-state index contributed by atoms with van der Waals surface area (Å²) in [4.78, 5) is 11.7. The molecule has 4 heteroatoms. The molecule has 2 atom stereocenters. The van der Waals surface area contributed by atoms with Crippen LogP contribution in [0.4, 0.5) is 5.69 Å². The maximum atomic E-state index is 11.7. The summed E-state index contributed by atoms with van der Waals surface area (Å²) >= 11 is 0. The number of benzene rings is 1. The van der Waals surface area contributed by atoms with Crippen LogP contribution in [0.3, 0.4) is 0 Å². The Morgan fingerprint density at radius 3 is 2.44 bits per heavy atom. The topological polar surface area (TPSA) is 75.3 Å². The fourth-order valence-electron chi connectivity index (χ4n) is 1.51. The number of carbonyl (C=O) groups excluding carboxylic acids is 1. The molecule has 2 unspecified atom stereocenters. The molecule has 0 aliphatic carbocycles. The summed E-state index contributed by atoms with van der Waals surface area (Å²) in [7, 11) is 0. The van der Waals surface area contributed by atoms with E-state index in [1.54, 1.807) is 31.2 Å². The molecular formula is C12H18N2O2. The average Bonchev–Trinajstić information content (AvgIpc) is 2.16. The zero-order valence-electron chi connectivity index (χ0n) is 9.60. The predicted molar refractivity (Wildman–Crippen MR) is 64.1 cm³/mol. The second kappa shape index (κ2) is 5.51. The molecule has 0 aromatic heterocycles. The number of hydrogen-bond donors (Lipinski definition) is 3. The van der Waals surface area contributed by atoms with Gasteiger partial charge in [0.25, 0.3) is 5.91 Å². The van der Waals surface area contributed by atoms with Gasteiger partial charge < -0.3 is 16.2 Å². The molecule has 0 saturated carbocycles. The van der Waals surface area contributed by atoms with Gasteiger partial charge >= 0.3 is 0 Å². The van der Waals surface area contributed by atoms with Crippen LogP contribution in [-0.4, -0.2) is 23.2 Å². The van der Waals surface area contributed by atoms with Gasteiger partial charge in [-0.15, -0.1) is 0 Å². The first-order chi connectivity index (χ1) is 7.49. The maximum absolute atomic E-state index is 11.7. The van der Waals surface area contributed by atoms with Crippen molar-refractivity contribution >= 4 is 11.6 Å².